The lowest BCUT2D eigenvalue weighted by atomic mass is 9.96. The monoisotopic (exact) mass is 210 g/mol. The van der Waals surface area contributed by atoms with E-state index < -0.39 is 43.4 Å². The first-order valence-corrected chi connectivity index (χ1v) is 4.15. The summed E-state index contributed by atoms with van der Waals surface area (Å²) in [6.07, 6.45) is -9.26. The van der Waals surface area contributed by atoms with E-state index in [9.17, 15) is 10.2 Å². The van der Waals surface area contributed by atoms with Crippen LogP contribution in [-0.2, 0) is 4.74 Å². The van der Waals surface area contributed by atoms with Crippen molar-refractivity contribution in [1.82, 2.24) is 0 Å². The van der Waals surface area contributed by atoms with E-state index in [-0.39, 0.29) is 0 Å². The molecule has 6 atom stereocenters. The molecule has 0 amide bonds. The molecule has 0 unspecified atom stereocenters. The quantitative estimate of drug-likeness (QED) is 0.275. The minimum absolute atomic E-state index is 0.683. The van der Waals surface area contributed by atoms with E-state index in [0.717, 1.165) is 0 Å². The van der Waals surface area contributed by atoms with Crippen molar-refractivity contribution in [2.75, 3.05) is 6.61 Å². The smallest absolute Gasteiger partial charge is 0.184 e. The number of aliphatic hydroxyl groups is 6. The highest BCUT2D eigenvalue weighted by molar-refractivity contribution is 4.91. The molecule has 6 N–H and O–H groups in total. The van der Waals surface area contributed by atoms with Crippen molar-refractivity contribution in [2.24, 2.45) is 0 Å². The molecule has 0 aromatic carbocycles. The molecule has 1 aliphatic rings. The number of ether oxygens (including phenoxy) is 1. The van der Waals surface area contributed by atoms with Crippen LogP contribution >= 0.6 is 0 Å². The second-order valence-corrected chi connectivity index (χ2v) is 3.21. The standard InChI is InChI=1S/C7H14O7/c8-1-2(9)6-4(11)3(10)5(12)7(13)14-6/h2-13H,1H2/t2-,3+,4+,5+,6-,7+/m1/s1. The Bertz CT molecular complexity index is 187. The van der Waals surface area contributed by atoms with Crippen LogP contribution < -0.4 is 0 Å². The van der Waals surface area contributed by atoms with Gasteiger partial charge in [-0.05, 0) is 0 Å². The van der Waals surface area contributed by atoms with Crippen molar-refractivity contribution in [1.29, 1.82) is 0 Å². The molecule has 14 heavy (non-hydrogen) atoms. The number of aliphatic hydroxyl groups excluding tert-OH is 6. The Labute approximate surface area is 79.8 Å². The first-order chi connectivity index (χ1) is 6.49. The topological polar surface area (TPSA) is 131 Å². The second kappa shape index (κ2) is 4.49. The molecule has 0 saturated carbocycles. The van der Waals surface area contributed by atoms with Crippen molar-refractivity contribution >= 4 is 0 Å². The van der Waals surface area contributed by atoms with Gasteiger partial charge in [0.25, 0.3) is 0 Å². The van der Waals surface area contributed by atoms with Crippen molar-refractivity contribution < 1.29 is 35.4 Å². The number of hydrogen-bond acceptors (Lipinski definition) is 7. The molecule has 7 nitrogen and oxygen atoms in total. The first kappa shape index (κ1) is 11.8. The third-order valence-electron chi connectivity index (χ3n) is 2.19. The molecule has 0 aromatic heterocycles. The SMILES string of the molecule is OC[C@@H](O)[C@H]1O[C@H](O)[C@@H](O)[C@@H](O)[C@@H]1O. The number of rotatable bonds is 2. The average Bonchev–Trinajstić information content (AvgIpc) is 2.19. The van der Waals surface area contributed by atoms with E-state index in [1.54, 1.807) is 0 Å². The lowest BCUT2D eigenvalue weighted by Crippen LogP contribution is -2.61. The van der Waals surface area contributed by atoms with E-state index in [1.807, 2.05) is 0 Å². The Kier molecular flexibility index (Phi) is 3.78. The van der Waals surface area contributed by atoms with Gasteiger partial charge in [-0.25, -0.2) is 0 Å². The molecule has 1 heterocycles. The normalized spacial score (nSPS) is 46.3. The van der Waals surface area contributed by atoms with Crippen molar-refractivity contribution in [3.63, 3.8) is 0 Å². The Balaban J connectivity index is 2.70. The molecular formula is C7H14O7. The van der Waals surface area contributed by atoms with Crippen LogP contribution in [0.5, 0.6) is 0 Å². The van der Waals surface area contributed by atoms with Crippen molar-refractivity contribution in [3.8, 4) is 0 Å². The summed E-state index contributed by atoms with van der Waals surface area (Å²) in [4.78, 5) is 0. The Hall–Kier alpha value is -0.280. The second-order valence-electron chi connectivity index (χ2n) is 3.21. The Morgan fingerprint density at radius 3 is 2.07 bits per heavy atom. The van der Waals surface area contributed by atoms with Crippen LogP contribution in [0.4, 0.5) is 0 Å². The molecule has 0 radical (unpaired) electrons. The molecule has 1 saturated heterocycles. The zero-order valence-corrected chi connectivity index (χ0v) is 7.26. The van der Waals surface area contributed by atoms with Crippen molar-refractivity contribution in [2.45, 2.75) is 36.8 Å². The van der Waals surface area contributed by atoms with E-state index >= 15 is 0 Å². The zero-order chi connectivity index (χ0) is 10.9. The first-order valence-electron chi connectivity index (χ1n) is 4.15. The molecule has 0 aliphatic carbocycles. The molecule has 1 aliphatic heterocycles. The summed E-state index contributed by atoms with van der Waals surface area (Å²) in [5.41, 5.74) is 0. The Morgan fingerprint density at radius 1 is 1.00 bits per heavy atom. The fourth-order valence-electron chi connectivity index (χ4n) is 1.31. The maximum absolute atomic E-state index is 9.31. The molecule has 1 fully saturated rings. The summed E-state index contributed by atoms with van der Waals surface area (Å²) in [6.45, 7) is -0.683. The fourth-order valence-corrected chi connectivity index (χ4v) is 1.31. The van der Waals surface area contributed by atoms with E-state index in [1.165, 1.54) is 0 Å². The lowest BCUT2D eigenvalue weighted by Gasteiger charge is -2.39. The maximum Gasteiger partial charge on any atom is 0.184 e. The molecule has 0 spiro atoms. The minimum Gasteiger partial charge on any atom is -0.394 e. The molecular weight excluding hydrogens is 196 g/mol. The molecule has 0 aromatic rings. The summed E-state index contributed by atoms with van der Waals surface area (Å²) in [6, 6.07) is 0. The third-order valence-corrected chi connectivity index (χ3v) is 2.19. The highest BCUT2D eigenvalue weighted by Crippen LogP contribution is 2.21. The third kappa shape index (κ3) is 2.04. The Morgan fingerprint density at radius 2 is 1.57 bits per heavy atom. The largest absolute Gasteiger partial charge is 0.394 e. The van der Waals surface area contributed by atoms with Gasteiger partial charge in [0.2, 0.25) is 0 Å². The van der Waals surface area contributed by atoms with Crippen LogP contribution in [0.3, 0.4) is 0 Å². The van der Waals surface area contributed by atoms with Crippen molar-refractivity contribution in [3.05, 3.63) is 0 Å². The van der Waals surface area contributed by atoms with Gasteiger partial charge in [0, 0.05) is 0 Å². The van der Waals surface area contributed by atoms with Gasteiger partial charge >= 0.3 is 0 Å². The van der Waals surface area contributed by atoms with Crippen LogP contribution in [0.15, 0.2) is 0 Å². The number of hydrogen-bond donors (Lipinski definition) is 6. The summed E-state index contributed by atoms with van der Waals surface area (Å²) in [5.74, 6) is 0. The average molecular weight is 210 g/mol. The predicted octanol–water partition coefficient (Wildman–Crippen LogP) is -3.86. The van der Waals surface area contributed by atoms with Crippen LogP contribution in [0, 0.1) is 0 Å². The maximum atomic E-state index is 9.31. The fraction of sp³-hybridized carbons (Fsp3) is 1.00. The van der Waals surface area contributed by atoms with Gasteiger partial charge in [0.15, 0.2) is 6.29 Å². The summed E-state index contributed by atoms with van der Waals surface area (Å²) in [5, 5.41) is 54.3. The van der Waals surface area contributed by atoms with Gasteiger partial charge in [-0.1, -0.05) is 0 Å². The van der Waals surface area contributed by atoms with Gasteiger partial charge < -0.3 is 35.4 Å². The molecule has 7 heteroatoms. The predicted molar refractivity (Wildman–Crippen MR) is 42.0 cm³/mol. The molecule has 84 valence electrons. The van der Waals surface area contributed by atoms with Gasteiger partial charge in [-0.15, -0.1) is 0 Å². The van der Waals surface area contributed by atoms with E-state index in [4.69, 9.17) is 20.4 Å². The van der Waals surface area contributed by atoms with E-state index in [2.05, 4.69) is 4.74 Å². The molecule has 0 bridgehead atoms. The highest BCUT2D eigenvalue weighted by atomic mass is 16.6. The van der Waals surface area contributed by atoms with Crippen LogP contribution in [-0.4, -0.2) is 74.1 Å². The summed E-state index contributed by atoms with van der Waals surface area (Å²) in [7, 11) is 0. The van der Waals surface area contributed by atoms with E-state index in [0.29, 0.717) is 0 Å². The zero-order valence-electron chi connectivity index (χ0n) is 7.26. The van der Waals surface area contributed by atoms with Gasteiger partial charge in [-0.3, -0.25) is 0 Å². The minimum atomic E-state index is -1.69. The summed E-state index contributed by atoms with van der Waals surface area (Å²) < 4.78 is 4.62. The lowest BCUT2D eigenvalue weighted by molar-refractivity contribution is -0.298. The van der Waals surface area contributed by atoms with Gasteiger partial charge in [-0.2, -0.15) is 0 Å². The van der Waals surface area contributed by atoms with Crippen LogP contribution in [0.1, 0.15) is 0 Å². The van der Waals surface area contributed by atoms with Crippen LogP contribution in [0.25, 0.3) is 0 Å². The highest BCUT2D eigenvalue weighted by Gasteiger charge is 2.45. The molecule has 1 rings (SSSR count). The van der Waals surface area contributed by atoms with Crippen LogP contribution in [0.2, 0.25) is 0 Å². The summed E-state index contributed by atoms with van der Waals surface area (Å²) >= 11 is 0. The van der Waals surface area contributed by atoms with Gasteiger partial charge in [0.1, 0.15) is 30.5 Å². The van der Waals surface area contributed by atoms with Gasteiger partial charge in [0.05, 0.1) is 6.61 Å².